The molecule has 0 radical (unpaired) electrons. The standard InChI is InChI=1S/C14H16BrF2NO3/c1-14(2,3)18(5-4-11(19)20)13(21)12-9(16)6-8(15)7-10(12)17/h6-7H,4-5H2,1-3H3,(H,19,20). The molecule has 0 aliphatic heterocycles. The predicted octanol–water partition coefficient (Wildman–Crippen LogP) is 3.44. The largest absolute Gasteiger partial charge is 0.481 e. The molecule has 0 saturated carbocycles. The first-order chi connectivity index (χ1) is 9.54. The molecule has 7 heteroatoms. The molecule has 1 N–H and O–H groups in total. The number of amides is 1. The molecule has 0 spiro atoms. The second kappa shape index (κ2) is 6.51. The van der Waals surface area contributed by atoms with Crippen molar-refractivity contribution >= 4 is 27.8 Å². The highest BCUT2D eigenvalue weighted by atomic mass is 79.9. The van der Waals surface area contributed by atoms with Crippen LogP contribution in [-0.4, -0.2) is 34.0 Å². The van der Waals surface area contributed by atoms with Crippen LogP contribution in [0.15, 0.2) is 16.6 Å². The van der Waals surface area contributed by atoms with Gasteiger partial charge in [0.15, 0.2) is 0 Å². The molecule has 1 rings (SSSR count). The Morgan fingerprint density at radius 3 is 2.10 bits per heavy atom. The first-order valence-electron chi connectivity index (χ1n) is 6.22. The molecule has 0 aromatic heterocycles. The number of benzene rings is 1. The lowest BCUT2D eigenvalue weighted by Crippen LogP contribution is -2.47. The predicted molar refractivity (Wildman–Crippen MR) is 77.1 cm³/mol. The number of carboxylic acids is 1. The maximum Gasteiger partial charge on any atom is 0.305 e. The second-order valence-electron chi connectivity index (χ2n) is 5.52. The van der Waals surface area contributed by atoms with Crippen molar-refractivity contribution in [2.45, 2.75) is 32.7 Å². The number of halogens is 3. The Bertz CT molecular complexity index is 547. The number of hydrogen-bond acceptors (Lipinski definition) is 2. The normalized spacial score (nSPS) is 11.3. The van der Waals surface area contributed by atoms with Crippen LogP contribution in [-0.2, 0) is 4.79 Å². The Morgan fingerprint density at radius 1 is 1.24 bits per heavy atom. The van der Waals surface area contributed by atoms with Gasteiger partial charge in [0.2, 0.25) is 0 Å². The van der Waals surface area contributed by atoms with Crippen molar-refractivity contribution in [3.63, 3.8) is 0 Å². The minimum Gasteiger partial charge on any atom is -0.481 e. The topological polar surface area (TPSA) is 57.6 Å². The van der Waals surface area contributed by atoms with Gasteiger partial charge in [-0.1, -0.05) is 15.9 Å². The van der Waals surface area contributed by atoms with Gasteiger partial charge in [-0.15, -0.1) is 0 Å². The average molecular weight is 364 g/mol. The number of nitrogens with zero attached hydrogens (tertiary/aromatic N) is 1. The molecule has 21 heavy (non-hydrogen) atoms. The lowest BCUT2D eigenvalue weighted by molar-refractivity contribution is -0.137. The molecular weight excluding hydrogens is 348 g/mol. The third-order valence-corrected chi connectivity index (χ3v) is 3.28. The van der Waals surface area contributed by atoms with Crippen LogP contribution in [0.2, 0.25) is 0 Å². The van der Waals surface area contributed by atoms with E-state index in [2.05, 4.69) is 15.9 Å². The lowest BCUT2D eigenvalue weighted by Gasteiger charge is -2.35. The van der Waals surface area contributed by atoms with Crippen molar-refractivity contribution in [2.24, 2.45) is 0 Å². The fraction of sp³-hybridized carbons (Fsp3) is 0.429. The van der Waals surface area contributed by atoms with Crippen molar-refractivity contribution in [2.75, 3.05) is 6.54 Å². The Balaban J connectivity index is 3.20. The molecule has 0 saturated heterocycles. The summed E-state index contributed by atoms with van der Waals surface area (Å²) in [5, 5.41) is 8.73. The molecule has 0 unspecified atom stereocenters. The summed E-state index contributed by atoms with van der Waals surface area (Å²) in [5.41, 5.74) is -1.45. The van der Waals surface area contributed by atoms with Crippen molar-refractivity contribution < 1.29 is 23.5 Å². The van der Waals surface area contributed by atoms with Crippen molar-refractivity contribution in [3.05, 3.63) is 33.8 Å². The SMILES string of the molecule is CC(C)(C)N(CCC(=O)O)C(=O)c1c(F)cc(Br)cc1F. The first kappa shape index (κ1) is 17.6. The van der Waals surface area contributed by atoms with Crippen LogP contribution in [0.3, 0.4) is 0 Å². The lowest BCUT2D eigenvalue weighted by atomic mass is 10.0. The minimum absolute atomic E-state index is 0.132. The van der Waals surface area contributed by atoms with Crippen LogP contribution in [0.5, 0.6) is 0 Å². The Hall–Kier alpha value is -1.50. The van der Waals surface area contributed by atoms with E-state index in [0.717, 1.165) is 17.0 Å². The smallest absolute Gasteiger partial charge is 0.305 e. The van der Waals surface area contributed by atoms with Gasteiger partial charge in [-0.25, -0.2) is 8.78 Å². The van der Waals surface area contributed by atoms with Gasteiger partial charge in [0.25, 0.3) is 5.91 Å². The van der Waals surface area contributed by atoms with E-state index in [1.165, 1.54) is 0 Å². The maximum absolute atomic E-state index is 13.9. The number of rotatable bonds is 4. The molecule has 1 amide bonds. The zero-order valence-corrected chi connectivity index (χ0v) is 13.5. The Morgan fingerprint density at radius 2 is 1.71 bits per heavy atom. The fourth-order valence-electron chi connectivity index (χ4n) is 1.83. The molecule has 1 aromatic rings. The van der Waals surface area contributed by atoms with Crippen LogP contribution < -0.4 is 0 Å². The molecule has 4 nitrogen and oxygen atoms in total. The molecule has 0 aliphatic carbocycles. The third kappa shape index (κ3) is 4.49. The van der Waals surface area contributed by atoms with E-state index >= 15 is 0 Å². The number of carbonyl (C=O) groups is 2. The highest BCUT2D eigenvalue weighted by molar-refractivity contribution is 9.10. The summed E-state index contributed by atoms with van der Waals surface area (Å²) in [5.74, 6) is -3.94. The molecule has 0 heterocycles. The van der Waals surface area contributed by atoms with E-state index in [-0.39, 0.29) is 17.4 Å². The number of carboxylic acid groups (broad SMARTS) is 1. The first-order valence-corrected chi connectivity index (χ1v) is 7.01. The van der Waals surface area contributed by atoms with Crippen LogP contribution in [0.4, 0.5) is 8.78 Å². The van der Waals surface area contributed by atoms with Crippen molar-refractivity contribution in [3.8, 4) is 0 Å². The molecule has 116 valence electrons. The summed E-state index contributed by atoms with van der Waals surface area (Å²) < 4.78 is 27.9. The van der Waals surface area contributed by atoms with Gasteiger partial charge < -0.3 is 10.0 Å². The minimum atomic E-state index is -1.09. The van der Waals surface area contributed by atoms with E-state index in [1.54, 1.807) is 20.8 Å². The molecule has 0 bridgehead atoms. The summed E-state index contributed by atoms with van der Waals surface area (Å²) in [7, 11) is 0. The van der Waals surface area contributed by atoms with Crippen LogP contribution in [0.25, 0.3) is 0 Å². The van der Waals surface area contributed by atoms with Gasteiger partial charge in [-0.05, 0) is 32.9 Å². The Labute approximate surface area is 129 Å². The zero-order chi connectivity index (χ0) is 16.4. The van der Waals surface area contributed by atoms with Gasteiger partial charge >= 0.3 is 5.97 Å². The summed E-state index contributed by atoms with van der Waals surface area (Å²) in [6.07, 6.45) is -0.303. The highest BCUT2D eigenvalue weighted by Crippen LogP contribution is 2.24. The fourth-order valence-corrected chi connectivity index (χ4v) is 2.23. The molecule has 0 fully saturated rings. The van der Waals surface area contributed by atoms with Crippen molar-refractivity contribution in [1.29, 1.82) is 0 Å². The number of carbonyl (C=O) groups excluding carboxylic acids is 1. The van der Waals surface area contributed by atoms with Gasteiger partial charge in [0.05, 0.1) is 6.42 Å². The Kier molecular flexibility index (Phi) is 5.44. The molecule has 0 aliphatic rings. The summed E-state index contributed by atoms with van der Waals surface area (Å²) in [6.45, 7) is 4.87. The number of aliphatic carboxylic acids is 1. The monoisotopic (exact) mass is 363 g/mol. The van der Waals surface area contributed by atoms with E-state index < -0.39 is 34.6 Å². The molecule has 0 atom stereocenters. The van der Waals surface area contributed by atoms with Crippen LogP contribution >= 0.6 is 15.9 Å². The highest BCUT2D eigenvalue weighted by Gasteiger charge is 2.31. The second-order valence-corrected chi connectivity index (χ2v) is 6.43. The van der Waals surface area contributed by atoms with Gasteiger partial charge in [0, 0.05) is 16.6 Å². The number of hydrogen-bond donors (Lipinski definition) is 1. The van der Waals surface area contributed by atoms with E-state index in [9.17, 15) is 18.4 Å². The van der Waals surface area contributed by atoms with E-state index in [4.69, 9.17) is 5.11 Å². The molecular formula is C14H16BrF2NO3. The van der Waals surface area contributed by atoms with Crippen molar-refractivity contribution in [1.82, 2.24) is 4.90 Å². The van der Waals surface area contributed by atoms with Crippen LogP contribution in [0.1, 0.15) is 37.6 Å². The quantitative estimate of drug-likeness (QED) is 0.891. The van der Waals surface area contributed by atoms with Gasteiger partial charge in [-0.3, -0.25) is 9.59 Å². The summed E-state index contributed by atoms with van der Waals surface area (Å²) >= 11 is 2.94. The van der Waals surface area contributed by atoms with Gasteiger partial charge in [-0.2, -0.15) is 0 Å². The zero-order valence-electron chi connectivity index (χ0n) is 11.9. The van der Waals surface area contributed by atoms with Crippen LogP contribution in [0, 0.1) is 11.6 Å². The molecule has 1 aromatic carbocycles. The van der Waals surface area contributed by atoms with Gasteiger partial charge in [0.1, 0.15) is 17.2 Å². The van der Waals surface area contributed by atoms with E-state index in [1.807, 2.05) is 0 Å². The maximum atomic E-state index is 13.9. The average Bonchev–Trinajstić information content (AvgIpc) is 2.24. The summed E-state index contributed by atoms with van der Waals surface area (Å²) in [6, 6.07) is 1.99. The third-order valence-electron chi connectivity index (χ3n) is 2.82. The summed E-state index contributed by atoms with van der Waals surface area (Å²) in [4.78, 5) is 24.2. The van der Waals surface area contributed by atoms with E-state index in [0.29, 0.717) is 0 Å².